The standard InChI is InChI=1S/C14H19BCl2N5O12P3S.4H3N/c1-29-13-32-7-5(3-30-37(15,28)34-36(26,27)14(16,17)35(23,24)25)31-11(8(7)33-13)22-4-19-6-9(18)20-12(38-2)21-10(6)22;;;;/h4-5,7-8,11,13H,3H2,1-2H3,(H,26,27)(H2,18,20,21)(H2,23,24,25);4*1H3/q-1;;;;/p+1/t5-,7-,8-,11-,13?,37?;;;;/m1..../s1. The summed E-state index contributed by atoms with van der Waals surface area (Å²) in [5.74, 6) is 0.130. The lowest BCUT2D eigenvalue weighted by atomic mass is 10.1. The number of methoxy groups -OCH3 is 1. The molecule has 2 aliphatic rings. The summed E-state index contributed by atoms with van der Waals surface area (Å²) < 4.78 is 65.8. The Hall–Kier alpha value is -0.485. The van der Waals surface area contributed by atoms with E-state index >= 15 is 0 Å². The monoisotopic (exact) mass is 724 g/mol. The molecule has 18 N–H and O–H groups in total. The van der Waals surface area contributed by atoms with Crippen LogP contribution in [0.25, 0.3) is 11.2 Å². The second-order valence-corrected chi connectivity index (χ2v) is 16.7. The second kappa shape index (κ2) is 14.7. The van der Waals surface area contributed by atoms with Crippen molar-refractivity contribution >= 4 is 82.2 Å². The number of rotatable bonds is 10. The van der Waals surface area contributed by atoms with Gasteiger partial charge < -0.3 is 80.6 Å². The minimum absolute atomic E-state index is 0. The summed E-state index contributed by atoms with van der Waals surface area (Å²) in [4.78, 5) is 40.9. The van der Waals surface area contributed by atoms with E-state index in [1.807, 2.05) is 0 Å². The van der Waals surface area contributed by atoms with Crippen LogP contribution in [0.5, 0.6) is 0 Å². The molecule has 0 saturated carbocycles. The molecule has 3 radical (unpaired) electrons. The third kappa shape index (κ3) is 7.83. The number of nitrogen functional groups attached to an aromatic ring is 1. The number of aromatic nitrogens is 4. The number of nitrogens with two attached hydrogens (primary N) is 1. The molecule has 2 aliphatic heterocycles. The van der Waals surface area contributed by atoms with Gasteiger partial charge in [-0.1, -0.05) is 35.0 Å². The molecule has 2 fully saturated rings. The van der Waals surface area contributed by atoms with E-state index in [9.17, 15) is 18.6 Å². The van der Waals surface area contributed by atoms with Gasteiger partial charge in [0.2, 0.25) is 0 Å². The van der Waals surface area contributed by atoms with E-state index in [-0.39, 0.29) is 30.4 Å². The molecule has 2 aromatic rings. The van der Waals surface area contributed by atoms with Crippen molar-refractivity contribution in [1.82, 2.24) is 44.1 Å². The Morgan fingerprint density at radius 2 is 1.74 bits per heavy atom. The number of halogens is 2. The van der Waals surface area contributed by atoms with Gasteiger partial charge >= 0.3 is 19.0 Å². The van der Waals surface area contributed by atoms with Gasteiger partial charge in [-0.3, -0.25) is 18.0 Å². The van der Waals surface area contributed by atoms with E-state index in [2.05, 4.69) is 19.3 Å². The molecule has 2 aromatic heterocycles. The molecular weight excluding hydrogens is 693 g/mol. The number of fused-ring (bicyclic) bond motifs is 2. The number of hydrogen-bond acceptors (Lipinski definition) is 17. The SMILES string of the molecule is N.N.N.[B-]P(=O)(OC[C@H]1O[C@@H](n2cnc3c(N)nc(SC)nc32)[C@@H]2OC(OC)O[C@@H]21)OP(=O)(O)C(Cl)(Cl)P(=O)(O)O.[NH4+]. The molecule has 243 valence electrons. The van der Waals surface area contributed by atoms with Gasteiger partial charge in [-0.05, 0) is 6.26 Å². The van der Waals surface area contributed by atoms with Crippen LogP contribution in [0.2, 0.25) is 0 Å². The molecule has 21 nitrogen and oxygen atoms in total. The van der Waals surface area contributed by atoms with Crippen molar-refractivity contribution in [3.05, 3.63) is 6.33 Å². The first-order valence-electron chi connectivity index (χ1n) is 10.1. The summed E-state index contributed by atoms with van der Waals surface area (Å²) in [7, 11) is -9.71. The number of thioether (sulfide) groups is 1. The number of alkyl halides is 2. The minimum Gasteiger partial charge on any atom is -0.443 e. The number of quaternary nitrogens is 1. The van der Waals surface area contributed by atoms with Gasteiger partial charge in [0.1, 0.15) is 23.8 Å². The van der Waals surface area contributed by atoms with Gasteiger partial charge in [-0.25, -0.2) is 15.0 Å². The molecule has 0 bridgehead atoms. The Bertz CT molecular complexity index is 1380. The molecule has 0 aliphatic carbocycles. The molecule has 3 unspecified atom stereocenters. The lowest BCUT2D eigenvalue weighted by molar-refractivity contribution is -0.256. The maximum atomic E-state index is 12.6. The van der Waals surface area contributed by atoms with Crippen LogP contribution >= 0.6 is 57.6 Å². The van der Waals surface area contributed by atoms with Gasteiger partial charge in [0, 0.05) is 7.11 Å². The fourth-order valence-electron chi connectivity index (χ4n) is 3.54. The van der Waals surface area contributed by atoms with Gasteiger partial charge in [-0.2, -0.15) is 0 Å². The molecule has 0 spiro atoms. The maximum Gasteiger partial charge on any atom is 0.381 e. The van der Waals surface area contributed by atoms with Crippen molar-refractivity contribution in [1.29, 1.82) is 0 Å². The van der Waals surface area contributed by atoms with Crippen LogP contribution in [0.1, 0.15) is 6.23 Å². The summed E-state index contributed by atoms with van der Waals surface area (Å²) in [6, 6.07) is 0. The zero-order valence-electron chi connectivity index (χ0n) is 22.3. The van der Waals surface area contributed by atoms with E-state index in [1.165, 1.54) is 29.8 Å². The van der Waals surface area contributed by atoms with E-state index in [0.29, 0.717) is 16.3 Å². The summed E-state index contributed by atoms with van der Waals surface area (Å²) in [5.41, 5.74) is 6.58. The first kappa shape index (κ1) is 41.5. The number of hydrogen-bond donors (Lipinski definition) is 8. The van der Waals surface area contributed by atoms with Crippen molar-refractivity contribution in [3.63, 3.8) is 0 Å². The fraction of sp³-hybridized carbons (Fsp3) is 0.643. The molecule has 4 heterocycles. The second-order valence-electron chi connectivity index (χ2n) is 7.70. The third-order valence-corrected chi connectivity index (χ3v) is 13.6. The van der Waals surface area contributed by atoms with Crippen LogP contribution in [0.4, 0.5) is 5.82 Å². The van der Waals surface area contributed by atoms with Crippen LogP contribution in [0.3, 0.4) is 0 Å². The number of nitrogens with zero attached hydrogens (tertiary/aromatic N) is 4. The number of ether oxygens (including phenoxy) is 4. The Morgan fingerprint density at radius 1 is 1.14 bits per heavy atom. The summed E-state index contributed by atoms with van der Waals surface area (Å²) >= 11 is 11.9. The smallest absolute Gasteiger partial charge is 0.381 e. The molecular formula is C14H32BCl2N9O12P3S. The highest BCUT2D eigenvalue weighted by Gasteiger charge is 2.61. The minimum atomic E-state index is -5.73. The predicted octanol–water partition coefficient (Wildman–Crippen LogP) is 2.37. The molecule has 0 amide bonds. The zero-order chi connectivity index (χ0) is 28.3. The molecule has 4 rings (SSSR count). The van der Waals surface area contributed by atoms with Gasteiger partial charge in [0.15, 0.2) is 22.8 Å². The predicted molar refractivity (Wildman–Crippen MR) is 154 cm³/mol. The fourth-order valence-corrected chi connectivity index (χ4v) is 8.28. The van der Waals surface area contributed by atoms with Crippen molar-refractivity contribution in [2.45, 2.75) is 40.0 Å². The van der Waals surface area contributed by atoms with Crippen LogP contribution in [-0.4, -0.2) is 90.3 Å². The Balaban J connectivity index is 0.00000420. The molecule has 42 heavy (non-hydrogen) atoms. The van der Waals surface area contributed by atoms with E-state index < -0.39 is 64.1 Å². The van der Waals surface area contributed by atoms with Crippen LogP contribution in [0.15, 0.2) is 11.5 Å². The average Bonchev–Trinajstić information content (AvgIpc) is 3.49. The van der Waals surface area contributed by atoms with Crippen LogP contribution < -0.4 is 30.3 Å². The third-order valence-electron chi connectivity index (χ3n) is 5.23. The van der Waals surface area contributed by atoms with Crippen molar-refractivity contribution in [2.75, 3.05) is 25.7 Å². The lowest BCUT2D eigenvalue weighted by Gasteiger charge is -2.33. The Kier molecular flexibility index (Phi) is 14.6. The zero-order valence-corrected chi connectivity index (χ0v) is 27.3. The first-order chi connectivity index (χ1) is 17.5. The Labute approximate surface area is 254 Å². The first-order valence-corrected chi connectivity index (χ1v) is 16.8. The topological polar surface area (TPSA) is 378 Å². The van der Waals surface area contributed by atoms with Crippen molar-refractivity contribution in [3.8, 4) is 0 Å². The van der Waals surface area contributed by atoms with Crippen LogP contribution in [-0.2, 0) is 41.5 Å². The summed E-state index contributed by atoms with van der Waals surface area (Å²) in [6.07, 6.45) is -0.690. The highest BCUT2D eigenvalue weighted by molar-refractivity contribution is 7.98. The normalized spacial score (nSPS) is 26.5. The number of anilines is 1. The quantitative estimate of drug-likeness (QED) is 0.0572. The molecule has 2 saturated heterocycles. The average molecular weight is 725 g/mol. The molecule has 0 aromatic carbocycles. The van der Waals surface area contributed by atoms with E-state index in [0.717, 1.165) is 0 Å². The summed E-state index contributed by atoms with van der Waals surface area (Å²) in [6.45, 7) is -1.80. The molecule has 7 atom stereocenters. The lowest BCUT2D eigenvalue weighted by Crippen LogP contribution is -2.32. The Morgan fingerprint density at radius 3 is 2.29 bits per heavy atom. The summed E-state index contributed by atoms with van der Waals surface area (Å²) in [5, 5.41) is 0.365. The van der Waals surface area contributed by atoms with Gasteiger partial charge in [0.05, 0.1) is 20.4 Å². The molecule has 28 heteroatoms. The highest BCUT2D eigenvalue weighted by Crippen LogP contribution is 2.79. The van der Waals surface area contributed by atoms with Crippen molar-refractivity contribution in [2.24, 2.45) is 0 Å². The van der Waals surface area contributed by atoms with Gasteiger partial charge in [0.25, 0.3) is 6.48 Å². The maximum absolute atomic E-state index is 12.6. The van der Waals surface area contributed by atoms with Crippen LogP contribution in [0, 0.1) is 0 Å². The van der Waals surface area contributed by atoms with E-state index in [4.69, 9.17) is 69.8 Å². The van der Waals surface area contributed by atoms with Crippen molar-refractivity contribution < 1.29 is 56.2 Å². The highest BCUT2D eigenvalue weighted by atomic mass is 35.5. The largest absolute Gasteiger partial charge is 0.443 e. The van der Waals surface area contributed by atoms with E-state index in [1.54, 1.807) is 6.26 Å². The number of imidazole rings is 1. The van der Waals surface area contributed by atoms with Gasteiger partial charge in [-0.15, -0.1) is 0 Å².